The van der Waals surface area contributed by atoms with Crippen molar-refractivity contribution in [2.45, 2.75) is 62.0 Å². The fourth-order valence-corrected chi connectivity index (χ4v) is 6.38. The molecule has 1 aromatic carbocycles. The molecule has 1 atom stereocenters. The molecule has 4 saturated carbocycles. The van der Waals surface area contributed by atoms with E-state index in [1.807, 2.05) is 0 Å². The fourth-order valence-electron chi connectivity index (χ4n) is 5.75. The molecule has 7 heteroatoms. The second kappa shape index (κ2) is 6.87. The predicted octanol–water partition coefficient (Wildman–Crippen LogP) is 2.72. The minimum atomic E-state index is -3.32. The van der Waals surface area contributed by atoms with Gasteiger partial charge in [0, 0.05) is 11.8 Å². The predicted molar refractivity (Wildman–Crippen MR) is 103 cm³/mol. The Hall–Kier alpha value is -1.89. The van der Waals surface area contributed by atoms with E-state index in [1.165, 1.54) is 43.5 Å². The molecule has 0 aromatic heterocycles. The lowest BCUT2D eigenvalue weighted by molar-refractivity contribution is -0.134. The SMILES string of the molecule is C[C@@H](OC(=O)c1ccc(S(C)(=O)=O)cc1)C(=O)NC12CC3CC(CC(C3)C1)C2. The summed E-state index contributed by atoms with van der Waals surface area (Å²) >= 11 is 0. The summed E-state index contributed by atoms with van der Waals surface area (Å²) < 4.78 is 28.4. The Morgan fingerprint density at radius 1 is 1.04 bits per heavy atom. The number of carbonyl (C=O) groups excluding carboxylic acids is 2. The molecular formula is C21H27NO5S. The van der Waals surface area contributed by atoms with Crippen LogP contribution in [-0.2, 0) is 19.4 Å². The molecule has 4 bridgehead atoms. The minimum absolute atomic E-state index is 0.121. The molecule has 152 valence electrons. The highest BCUT2D eigenvalue weighted by Gasteiger charge is 2.51. The molecule has 28 heavy (non-hydrogen) atoms. The van der Waals surface area contributed by atoms with Crippen molar-refractivity contribution in [2.75, 3.05) is 6.26 Å². The largest absolute Gasteiger partial charge is 0.449 e. The molecule has 0 aliphatic heterocycles. The molecule has 0 unspecified atom stereocenters. The number of carbonyl (C=O) groups is 2. The zero-order valence-corrected chi connectivity index (χ0v) is 17.1. The Morgan fingerprint density at radius 3 is 2.00 bits per heavy atom. The molecule has 4 aliphatic rings. The topological polar surface area (TPSA) is 89.5 Å². The maximum absolute atomic E-state index is 12.7. The van der Waals surface area contributed by atoms with E-state index in [1.54, 1.807) is 6.92 Å². The molecule has 4 aliphatic carbocycles. The number of nitrogens with one attached hydrogen (secondary N) is 1. The Morgan fingerprint density at radius 2 is 1.54 bits per heavy atom. The van der Waals surface area contributed by atoms with Gasteiger partial charge in [0.05, 0.1) is 10.5 Å². The van der Waals surface area contributed by atoms with Crippen molar-refractivity contribution in [3.63, 3.8) is 0 Å². The normalized spacial score (nSPS) is 32.0. The first-order chi connectivity index (χ1) is 13.1. The van der Waals surface area contributed by atoms with Gasteiger partial charge < -0.3 is 10.1 Å². The molecule has 5 rings (SSSR count). The lowest BCUT2D eigenvalue weighted by Crippen LogP contribution is -2.61. The Bertz CT molecular complexity index is 855. The smallest absolute Gasteiger partial charge is 0.338 e. The summed E-state index contributed by atoms with van der Waals surface area (Å²) in [6, 6.07) is 5.54. The summed E-state index contributed by atoms with van der Waals surface area (Å²) in [4.78, 5) is 25.2. The van der Waals surface area contributed by atoms with Gasteiger partial charge in [0.15, 0.2) is 15.9 Å². The summed E-state index contributed by atoms with van der Waals surface area (Å²) in [5, 5.41) is 3.21. The molecule has 0 heterocycles. The van der Waals surface area contributed by atoms with Gasteiger partial charge in [0.25, 0.3) is 5.91 Å². The summed E-state index contributed by atoms with van der Waals surface area (Å²) in [6.07, 6.45) is 7.22. The second-order valence-corrected chi connectivity index (χ2v) is 11.0. The number of amides is 1. The third-order valence-corrected chi connectivity index (χ3v) is 7.73. The van der Waals surface area contributed by atoms with Gasteiger partial charge >= 0.3 is 5.97 Å². The first-order valence-corrected chi connectivity index (χ1v) is 11.9. The van der Waals surface area contributed by atoms with Crippen molar-refractivity contribution in [1.82, 2.24) is 5.32 Å². The van der Waals surface area contributed by atoms with Crippen LogP contribution in [0.2, 0.25) is 0 Å². The first-order valence-electron chi connectivity index (χ1n) is 9.97. The molecule has 1 aromatic rings. The molecule has 1 N–H and O–H groups in total. The van der Waals surface area contributed by atoms with Crippen LogP contribution in [0.25, 0.3) is 0 Å². The Balaban J connectivity index is 1.37. The van der Waals surface area contributed by atoms with Crippen LogP contribution in [-0.4, -0.2) is 38.2 Å². The van der Waals surface area contributed by atoms with E-state index < -0.39 is 21.9 Å². The van der Waals surface area contributed by atoms with Crippen LogP contribution in [0.3, 0.4) is 0 Å². The van der Waals surface area contributed by atoms with E-state index >= 15 is 0 Å². The quantitative estimate of drug-likeness (QED) is 0.761. The van der Waals surface area contributed by atoms with Crippen LogP contribution >= 0.6 is 0 Å². The molecule has 0 radical (unpaired) electrons. The maximum Gasteiger partial charge on any atom is 0.338 e. The van der Waals surface area contributed by atoms with Gasteiger partial charge in [0.2, 0.25) is 0 Å². The van der Waals surface area contributed by atoms with Gasteiger partial charge in [-0.3, -0.25) is 4.79 Å². The van der Waals surface area contributed by atoms with Gasteiger partial charge in [-0.25, -0.2) is 13.2 Å². The molecule has 0 saturated heterocycles. The highest BCUT2D eigenvalue weighted by Crippen LogP contribution is 2.55. The maximum atomic E-state index is 12.7. The van der Waals surface area contributed by atoms with Crippen LogP contribution in [0, 0.1) is 17.8 Å². The molecule has 4 fully saturated rings. The van der Waals surface area contributed by atoms with Crippen molar-refractivity contribution in [3.05, 3.63) is 29.8 Å². The average molecular weight is 406 g/mol. The lowest BCUT2D eigenvalue weighted by Gasteiger charge is -2.57. The van der Waals surface area contributed by atoms with E-state index in [2.05, 4.69) is 5.32 Å². The van der Waals surface area contributed by atoms with E-state index in [4.69, 9.17) is 4.74 Å². The highest BCUT2D eigenvalue weighted by atomic mass is 32.2. The number of hydrogen-bond acceptors (Lipinski definition) is 5. The number of ether oxygens (including phenoxy) is 1. The van der Waals surface area contributed by atoms with Crippen LogP contribution < -0.4 is 5.32 Å². The summed E-state index contributed by atoms with van der Waals surface area (Å²) in [7, 11) is -3.32. The van der Waals surface area contributed by atoms with Gasteiger partial charge in [-0.2, -0.15) is 0 Å². The number of benzene rings is 1. The van der Waals surface area contributed by atoms with E-state index in [-0.39, 0.29) is 21.9 Å². The monoisotopic (exact) mass is 405 g/mol. The number of rotatable bonds is 5. The summed E-state index contributed by atoms with van der Waals surface area (Å²) in [6.45, 7) is 1.58. The van der Waals surface area contributed by atoms with Crippen molar-refractivity contribution >= 4 is 21.7 Å². The lowest BCUT2D eigenvalue weighted by atomic mass is 9.53. The van der Waals surface area contributed by atoms with Crippen LogP contribution in [0.1, 0.15) is 55.8 Å². The first kappa shape index (κ1) is 19.4. The van der Waals surface area contributed by atoms with Crippen molar-refractivity contribution < 1.29 is 22.7 Å². The van der Waals surface area contributed by atoms with E-state index in [0.717, 1.165) is 43.3 Å². The third kappa shape index (κ3) is 3.81. The van der Waals surface area contributed by atoms with Gasteiger partial charge in [-0.1, -0.05) is 0 Å². The third-order valence-electron chi connectivity index (χ3n) is 6.60. The van der Waals surface area contributed by atoms with E-state index in [9.17, 15) is 18.0 Å². The van der Waals surface area contributed by atoms with Gasteiger partial charge in [0.1, 0.15) is 0 Å². The molecular weight excluding hydrogens is 378 g/mol. The average Bonchev–Trinajstić information content (AvgIpc) is 2.59. The summed E-state index contributed by atoms with van der Waals surface area (Å²) in [5.74, 6) is 1.28. The highest BCUT2D eigenvalue weighted by molar-refractivity contribution is 7.90. The summed E-state index contributed by atoms with van der Waals surface area (Å²) in [5.41, 5.74) is 0.103. The van der Waals surface area contributed by atoms with E-state index in [0.29, 0.717) is 0 Å². The Kier molecular flexibility index (Phi) is 4.76. The zero-order chi connectivity index (χ0) is 20.1. The van der Waals surface area contributed by atoms with Crippen LogP contribution in [0.15, 0.2) is 29.2 Å². The number of hydrogen-bond donors (Lipinski definition) is 1. The second-order valence-electron chi connectivity index (χ2n) is 9.03. The van der Waals surface area contributed by atoms with Crippen LogP contribution in [0.5, 0.6) is 0 Å². The van der Waals surface area contributed by atoms with Gasteiger partial charge in [-0.05, 0) is 87.5 Å². The number of esters is 1. The molecule has 0 spiro atoms. The zero-order valence-electron chi connectivity index (χ0n) is 16.3. The molecule has 1 amide bonds. The Labute approximate surface area is 165 Å². The minimum Gasteiger partial charge on any atom is -0.449 e. The van der Waals surface area contributed by atoms with Crippen molar-refractivity contribution in [3.8, 4) is 0 Å². The molecule has 6 nitrogen and oxygen atoms in total. The number of sulfone groups is 1. The fraction of sp³-hybridized carbons (Fsp3) is 0.619. The van der Waals surface area contributed by atoms with Crippen LogP contribution in [0.4, 0.5) is 0 Å². The van der Waals surface area contributed by atoms with Crippen molar-refractivity contribution in [1.29, 1.82) is 0 Å². The van der Waals surface area contributed by atoms with Crippen molar-refractivity contribution in [2.24, 2.45) is 17.8 Å². The standard InChI is InChI=1S/C21H27NO5S/c1-13(27-20(24)17-3-5-18(6-4-17)28(2,25)26)19(23)22-21-10-14-7-15(11-21)9-16(8-14)12-21/h3-6,13-16H,7-12H2,1-2H3,(H,22,23)/t13-,14?,15?,16?,21?/m1/s1. The van der Waals surface area contributed by atoms with Gasteiger partial charge in [-0.15, -0.1) is 0 Å².